The minimum atomic E-state index is -4.75. The third-order valence-electron chi connectivity index (χ3n) is 4.47. The number of amides is 2. The van der Waals surface area contributed by atoms with Crippen LogP contribution in [0.4, 0.5) is 23.7 Å². The Balaban J connectivity index is 1.37. The maximum Gasteiger partial charge on any atom is 0.573 e. The maximum atomic E-state index is 12.4. The molecule has 1 N–H and O–H groups in total. The van der Waals surface area contributed by atoms with Crippen LogP contribution in [0.1, 0.15) is 18.2 Å². The summed E-state index contributed by atoms with van der Waals surface area (Å²) in [4.78, 5) is 18.5. The number of para-hydroxylation sites is 2. The van der Waals surface area contributed by atoms with Gasteiger partial charge < -0.3 is 19.4 Å². The number of alkyl halides is 3. The number of benzene rings is 2. The molecule has 1 saturated heterocycles. The summed E-state index contributed by atoms with van der Waals surface area (Å²) in [6.45, 7) is 0.985. The van der Waals surface area contributed by atoms with Crippen LogP contribution in [0, 0.1) is 0 Å². The first kappa shape index (κ1) is 18.1. The molecule has 3 aromatic rings. The van der Waals surface area contributed by atoms with E-state index in [2.05, 4.69) is 15.0 Å². The number of halogens is 3. The first-order chi connectivity index (χ1) is 13.4. The van der Waals surface area contributed by atoms with E-state index in [1.54, 1.807) is 4.90 Å². The number of urea groups is 1. The first-order valence-electron chi connectivity index (χ1n) is 8.64. The van der Waals surface area contributed by atoms with Crippen molar-refractivity contribution in [3.8, 4) is 5.75 Å². The predicted molar refractivity (Wildman–Crippen MR) is 95.1 cm³/mol. The summed E-state index contributed by atoms with van der Waals surface area (Å²) in [5.41, 5.74) is 1.87. The predicted octanol–water partition coefficient (Wildman–Crippen LogP) is 4.75. The lowest BCUT2D eigenvalue weighted by Gasteiger charge is -2.17. The highest BCUT2D eigenvalue weighted by Gasteiger charge is 2.32. The number of fused-ring (bicyclic) bond motifs is 1. The van der Waals surface area contributed by atoms with E-state index in [4.69, 9.17) is 4.42 Å². The van der Waals surface area contributed by atoms with Crippen LogP contribution < -0.4 is 10.1 Å². The van der Waals surface area contributed by atoms with Crippen molar-refractivity contribution in [2.75, 3.05) is 18.4 Å². The van der Waals surface area contributed by atoms with Gasteiger partial charge in [0.05, 0.1) is 5.92 Å². The van der Waals surface area contributed by atoms with Gasteiger partial charge in [-0.25, -0.2) is 9.78 Å². The Morgan fingerprint density at radius 1 is 1.18 bits per heavy atom. The van der Waals surface area contributed by atoms with E-state index < -0.39 is 6.36 Å². The third kappa shape index (κ3) is 4.03. The number of aromatic nitrogens is 1. The Kier molecular flexibility index (Phi) is 4.58. The molecule has 2 amide bonds. The summed E-state index contributed by atoms with van der Waals surface area (Å²) < 4.78 is 46.2. The minimum Gasteiger partial charge on any atom is -0.440 e. The molecule has 1 aliphatic heterocycles. The molecule has 28 heavy (non-hydrogen) atoms. The molecule has 1 aliphatic rings. The summed E-state index contributed by atoms with van der Waals surface area (Å²) in [5, 5.41) is 2.67. The van der Waals surface area contributed by atoms with E-state index in [1.165, 1.54) is 12.1 Å². The molecule has 0 radical (unpaired) electrons. The molecule has 146 valence electrons. The van der Waals surface area contributed by atoms with Crippen LogP contribution in [0.15, 0.2) is 52.9 Å². The highest BCUT2D eigenvalue weighted by atomic mass is 19.4. The average molecular weight is 391 g/mol. The summed E-state index contributed by atoms with van der Waals surface area (Å²) in [7, 11) is 0. The molecule has 1 atom stereocenters. The lowest BCUT2D eigenvalue weighted by atomic mass is 10.1. The average Bonchev–Trinajstić information content (AvgIpc) is 3.29. The fraction of sp³-hybridized carbons (Fsp3) is 0.263. The van der Waals surface area contributed by atoms with Crippen molar-refractivity contribution in [1.29, 1.82) is 0 Å². The van der Waals surface area contributed by atoms with E-state index in [0.717, 1.165) is 24.1 Å². The minimum absolute atomic E-state index is 0.000659. The van der Waals surface area contributed by atoms with Crippen molar-refractivity contribution in [2.24, 2.45) is 0 Å². The fourth-order valence-electron chi connectivity index (χ4n) is 3.15. The van der Waals surface area contributed by atoms with Gasteiger partial charge in [0.1, 0.15) is 11.3 Å². The van der Waals surface area contributed by atoms with Gasteiger partial charge in [0.15, 0.2) is 11.5 Å². The molecule has 9 heteroatoms. The lowest BCUT2D eigenvalue weighted by Crippen LogP contribution is -2.32. The number of nitrogens with zero attached hydrogens (tertiary/aromatic N) is 2. The van der Waals surface area contributed by atoms with Gasteiger partial charge in [-0.3, -0.25) is 0 Å². The molecule has 4 rings (SSSR count). The normalized spacial score (nSPS) is 17.1. The number of anilines is 1. The zero-order valence-electron chi connectivity index (χ0n) is 14.6. The van der Waals surface area contributed by atoms with Gasteiger partial charge in [0.25, 0.3) is 0 Å². The van der Waals surface area contributed by atoms with Crippen LogP contribution in [-0.2, 0) is 0 Å². The van der Waals surface area contributed by atoms with Crippen molar-refractivity contribution in [3.05, 3.63) is 54.4 Å². The van der Waals surface area contributed by atoms with Crippen molar-refractivity contribution in [3.63, 3.8) is 0 Å². The molecular formula is C19H16F3N3O3. The van der Waals surface area contributed by atoms with Gasteiger partial charge >= 0.3 is 12.4 Å². The standard InChI is InChI=1S/C19H16F3N3O3/c20-19(21,22)28-14-7-5-13(6-8-14)23-18(26)25-10-9-12(11-25)17-24-15-3-1-2-4-16(15)27-17/h1-8,12H,9-11H2,(H,23,26). The number of ether oxygens (including phenoxy) is 1. The molecule has 1 aromatic heterocycles. The van der Waals surface area contributed by atoms with Gasteiger partial charge in [-0.05, 0) is 42.8 Å². The largest absolute Gasteiger partial charge is 0.573 e. The van der Waals surface area contributed by atoms with Crippen LogP contribution in [0.2, 0.25) is 0 Å². The Morgan fingerprint density at radius 3 is 2.64 bits per heavy atom. The monoisotopic (exact) mass is 391 g/mol. The highest BCUT2D eigenvalue weighted by Crippen LogP contribution is 2.30. The van der Waals surface area contributed by atoms with Gasteiger partial charge in [0, 0.05) is 18.8 Å². The highest BCUT2D eigenvalue weighted by molar-refractivity contribution is 5.89. The van der Waals surface area contributed by atoms with Crippen molar-refractivity contribution in [1.82, 2.24) is 9.88 Å². The van der Waals surface area contributed by atoms with E-state index in [-0.39, 0.29) is 17.7 Å². The molecule has 0 aliphatic carbocycles. The lowest BCUT2D eigenvalue weighted by molar-refractivity contribution is -0.274. The van der Waals surface area contributed by atoms with Crippen LogP contribution >= 0.6 is 0 Å². The summed E-state index contributed by atoms with van der Waals surface area (Å²) in [6.07, 6.45) is -4.03. The number of carbonyl (C=O) groups excluding carboxylic acids is 1. The second kappa shape index (κ2) is 7.06. The third-order valence-corrected chi connectivity index (χ3v) is 4.47. The van der Waals surface area contributed by atoms with Gasteiger partial charge in [0.2, 0.25) is 0 Å². The van der Waals surface area contributed by atoms with Crippen molar-refractivity contribution in [2.45, 2.75) is 18.7 Å². The van der Waals surface area contributed by atoms with E-state index in [9.17, 15) is 18.0 Å². The number of rotatable bonds is 3. The maximum absolute atomic E-state index is 12.4. The van der Waals surface area contributed by atoms with Gasteiger partial charge in [-0.2, -0.15) is 0 Å². The fourth-order valence-corrected chi connectivity index (χ4v) is 3.15. The Hall–Kier alpha value is -3.23. The van der Waals surface area contributed by atoms with Crippen molar-refractivity contribution >= 4 is 22.8 Å². The Bertz CT molecular complexity index is 952. The molecule has 0 saturated carbocycles. The van der Waals surface area contributed by atoms with Crippen LogP contribution in [0.5, 0.6) is 5.75 Å². The van der Waals surface area contributed by atoms with Gasteiger partial charge in [-0.15, -0.1) is 13.2 Å². The molecule has 0 bridgehead atoms. The Morgan fingerprint density at radius 2 is 1.93 bits per heavy atom. The van der Waals surface area contributed by atoms with E-state index in [0.29, 0.717) is 30.3 Å². The molecule has 2 heterocycles. The quantitative estimate of drug-likeness (QED) is 0.700. The molecule has 2 aromatic carbocycles. The second-order valence-corrected chi connectivity index (χ2v) is 6.45. The van der Waals surface area contributed by atoms with E-state index >= 15 is 0 Å². The number of hydrogen-bond acceptors (Lipinski definition) is 4. The first-order valence-corrected chi connectivity index (χ1v) is 8.64. The number of likely N-dealkylation sites (tertiary alicyclic amines) is 1. The number of hydrogen-bond donors (Lipinski definition) is 1. The zero-order valence-corrected chi connectivity index (χ0v) is 14.6. The molecule has 1 unspecified atom stereocenters. The number of carbonyl (C=O) groups is 1. The SMILES string of the molecule is O=C(Nc1ccc(OC(F)(F)F)cc1)N1CCC(c2nc3ccccc3o2)C1. The second-order valence-electron chi connectivity index (χ2n) is 6.45. The molecular weight excluding hydrogens is 375 g/mol. The number of oxazole rings is 1. The summed E-state index contributed by atoms with van der Waals surface area (Å²) >= 11 is 0. The van der Waals surface area contributed by atoms with Crippen LogP contribution in [0.3, 0.4) is 0 Å². The molecule has 0 spiro atoms. The molecule has 1 fully saturated rings. The van der Waals surface area contributed by atoms with Crippen LogP contribution in [-0.4, -0.2) is 35.4 Å². The van der Waals surface area contributed by atoms with E-state index in [1.807, 2.05) is 24.3 Å². The smallest absolute Gasteiger partial charge is 0.440 e. The van der Waals surface area contributed by atoms with Crippen LogP contribution in [0.25, 0.3) is 11.1 Å². The number of nitrogens with one attached hydrogen (secondary N) is 1. The van der Waals surface area contributed by atoms with Crippen molar-refractivity contribution < 1.29 is 27.1 Å². The zero-order chi connectivity index (χ0) is 19.7. The summed E-state index contributed by atoms with van der Waals surface area (Å²) in [6, 6.07) is 12.1. The summed E-state index contributed by atoms with van der Waals surface area (Å²) in [5.74, 6) is 0.258. The molecule has 6 nitrogen and oxygen atoms in total. The Labute approximate surface area is 157 Å². The topological polar surface area (TPSA) is 67.6 Å². The van der Waals surface area contributed by atoms with Gasteiger partial charge in [-0.1, -0.05) is 12.1 Å².